The average Bonchev–Trinajstić information content (AvgIpc) is 2.90. The fourth-order valence-electron chi connectivity index (χ4n) is 3.07. The Balaban J connectivity index is 2.31. The van der Waals surface area contributed by atoms with Crippen molar-refractivity contribution in [3.05, 3.63) is 46.0 Å². The molecule has 108 valence electrons. The van der Waals surface area contributed by atoms with Gasteiger partial charge in [0, 0.05) is 17.3 Å². The lowest BCUT2D eigenvalue weighted by molar-refractivity contribution is -0.529. The molecule has 0 aromatic heterocycles. The molecule has 1 saturated carbocycles. The van der Waals surface area contributed by atoms with Crippen molar-refractivity contribution in [3.8, 4) is 0 Å². The first-order chi connectivity index (χ1) is 9.65. The van der Waals surface area contributed by atoms with Gasteiger partial charge in [0.2, 0.25) is 6.04 Å². The molecule has 0 aliphatic heterocycles. The quantitative estimate of drug-likeness (QED) is 0.471. The van der Waals surface area contributed by atoms with Gasteiger partial charge in [-0.15, -0.1) is 0 Å². The maximum absolute atomic E-state index is 12.3. The van der Waals surface area contributed by atoms with Crippen LogP contribution in [-0.2, 0) is 9.53 Å². The highest BCUT2D eigenvalue weighted by molar-refractivity contribution is 5.78. The van der Waals surface area contributed by atoms with E-state index >= 15 is 0 Å². The smallest absolute Gasteiger partial charge is 0.313 e. The zero-order valence-electron chi connectivity index (χ0n) is 11.5. The monoisotopic (exact) mass is 277 g/mol. The lowest BCUT2D eigenvalue weighted by atomic mass is 9.83. The van der Waals surface area contributed by atoms with Crippen LogP contribution in [-0.4, -0.2) is 23.5 Å². The van der Waals surface area contributed by atoms with Crippen molar-refractivity contribution in [2.45, 2.75) is 38.1 Å². The fourth-order valence-corrected chi connectivity index (χ4v) is 3.07. The van der Waals surface area contributed by atoms with Gasteiger partial charge in [-0.3, -0.25) is 14.9 Å². The number of benzene rings is 1. The Morgan fingerprint density at radius 1 is 1.40 bits per heavy atom. The normalized spacial score (nSPS) is 23.2. The van der Waals surface area contributed by atoms with E-state index in [0.717, 1.165) is 12.0 Å². The minimum absolute atomic E-state index is 0.243. The summed E-state index contributed by atoms with van der Waals surface area (Å²) in [5, 5.41) is 11.2. The van der Waals surface area contributed by atoms with Gasteiger partial charge in [-0.2, -0.15) is 0 Å². The molecular weight excluding hydrogens is 258 g/mol. The predicted molar refractivity (Wildman–Crippen MR) is 73.9 cm³/mol. The molecule has 1 aromatic rings. The highest BCUT2D eigenvalue weighted by Crippen LogP contribution is 2.39. The molecule has 0 heterocycles. The first-order valence-corrected chi connectivity index (χ1v) is 7.00. The fraction of sp³-hybridized carbons (Fsp3) is 0.533. The summed E-state index contributed by atoms with van der Waals surface area (Å²) in [6.07, 6.45) is 2.03. The van der Waals surface area contributed by atoms with E-state index in [9.17, 15) is 14.9 Å². The van der Waals surface area contributed by atoms with Crippen LogP contribution in [0.3, 0.4) is 0 Å². The Hall–Kier alpha value is -1.91. The number of nitrogens with zero attached hydrogens (tertiary/aromatic N) is 1. The number of rotatable bonds is 5. The van der Waals surface area contributed by atoms with Crippen molar-refractivity contribution < 1.29 is 14.5 Å². The molecule has 0 unspecified atom stereocenters. The van der Waals surface area contributed by atoms with Crippen molar-refractivity contribution in [3.63, 3.8) is 0 Å². The van der Waals surface area contributed by atoms with Crippen LogP contribution in [0, 0.1) is 16.0 Å². The van der Waals surface area contributed by atoms with Crippen molar-refractivity contribution in [1.82, 2.24) is 0 Å². The molecular formula is C15H19NO4. The second-order valence-electron chi connectivity index (χ2n) is 5.09. The number of carbonyl (C=O) groups is 1. The van der Waals surface area contributed by atoms with Gasteiger partial charge in [-0.05, 0) is 25.3 Å². The lowest BCUT2D eigenvalue weighted by Gasteiger charge is -2.23. The van der Waals surface area contributed by atoms with E-state index in [0.29, 0.717) is 12.8 Å². The molecule has 0 spiro atoms. The van der Waals surface area contributed by atoms with E-state index in [-0.39, 0.29) is 23.4 Å². The molecule has 3 atom stereocenters. The number of esters is 1. The van der Waals surface area contributed by atoms with Crippen molar-refractivity contribution in [2.75, 3.05) is 6.61 Å². The third-order valence-electron chi connectivity index (χ3n) is 3.93. The van der Waals surface area contributed by atoms with Gasteiger partial charge in [0.25, 0.3) is 0 Å². The second-order valence-corrected chi connectivity index (χ2v) is 5.09. The molecule has 5 nitrogen and oxygen atoms in total. The average molecular weight is 277 g/mol. The largest absolute Gasteiger partial charge is 0.466 e. The van der Waals surface area contributed by atoms with Crippen molar-refractivity contribution in [1.29, 1.82) is 0 Å². The predicted octanol–water partition coefficient (Wildman–Crippen LogP) is 2.78. The number of hydrogen-bond acceptors (Lipinski definition) is 4. The van der Waals surface area contributed by atoms with E-state index < -0.39 is 12.0 Å². The van der Waals surface area contributed by atoms with Gasteiger partial charge < -0.3 is 4.74 Å². The third-order valence-corrected chi connectivity index (χ3v) is 3.93. The minimum Gasteiger partial charge on any atom is -0.466 e. The van der Waals surface area contributed by atoms with Crippen LogP contribution in [0.2, 0.25) is 0 Å². The maximum atomic E-state index is 12.3. The van der Waals surface area contributed by atoms with Crippen molar-refractivity contribution >= 4 is 5.97 Å². The third kappa shape index (κ3) is 2.98. The van der Waals surface area contributed by atoms with E-state index in [1.165, 1.54) is 0 Å². The van der Waals surface area contributed by atoms with Gasteiger partial charge in [0.15, 0.2) is 0 Å². The maximum Gasteiger partial charge on any atom is 0.313 e. The molecule has 0 radical (unpaired) electrons. The van der Waals surface area contributed by atoms with E-state index in [2.05, 4.69) is 0 Å². The van der Waals surface area contributed by atoms with E-state index in [4.69, 9.17) is 4.74 Å². The lowest BCUT2D eigenvalue weighted by Crippen LogP contribution is -2.33. The van der Waals surface area contributed by atoms with Crippen LogP contribution in [0.4, 0.5) is 0 Å². The summed E-state index contributed by atoms with van der Waals surface area (Å²) in [5.74, 6) is -1.15. The molecule has 0 saturated heterocycles. The number of hydrogen-bond donors (Lipinski definition) is 0. The molecule has 2 rings (SSSR count). The zero-order valence-corrected chi connectivity index (χ0v) is 11.5. The van der Waals surface area contributed by atoms with Crippen molar-refractivity contribution in [2.24, 2.45) is 5.92 Å². The van der Waals surface area contributed by atoms with Crippen LogP contribution in [0.5, 0.6) is 0 Å². The molecule has 1 aliphatic rings. The summed E-state index contributed by atoms with van der Waals surface area (Å²) in [4.78, 5) is 23.2. The Labute approximate surface area is 118 Å². The zero-order chi connectivity index (χ0) is 14.5. The van der Waals surface area contributed by atoms with Crippen LogP contribution in [0.1, 0.15) is 37.7 Å². The first kappa shape index (κ1) is 14.5. The van der Waals surface area contributed by atoms with E-state index in [1.54, 1.807) is 6.92 Å². The van der Waals surface area contributed by atoms with E-state index in [1.807, 2.05) is 30.3 Å². The Morgan fingerprint density at radius 3 is 2.70 bits per heavy atom. The summed E-state index contributed by atoms with van der Waals surface area (Å²) in [7, 11) is 0. The number of carbonyl (C=O) groups excluding carboxylic acids is 1. The Bertz CT molecular complexity index is 474. The number of nitro groups is 1. The number of ether oxygens (including phenoxy) is 1. The summed E-state index contributed by atoms with van der Waals surface area (Å²) >= 11 is 0. The van der Waals surface area contributed by atoms with Crippen LogP contribution in [0.15, 0.2) is 30.3 Å². The highest BCUT2D eigenvalue weighted by atomic mass is 16.6. The van der Waals surface area contributed by atoms with Gasteiger partial charge >= 0.3 is 5.97 Å². The molecule has 0 N–H and O–H groups in total. The molecule has 1 aromatic carbocycles. The summed E-state index contributed by atoms with van der Waals surface area (Å²) in [6, 6.07) is 8.60. The van der Waals surface area contributed by atoms with Crippen LogP contribution in [0.25, 0.3) is 0 Å². The van der Waals surface area contributed by atoms with Gasteiger partial charge in [0.1, 0.15) is 0 Å². The van der Waals surface area contributed by atoms with Gasteiger partial charge in [0.05, 0.1) is 12.5 Å². The topological polar surface area (TPSA) is 69.4 Å². The van der Waals surface area contributed by atoms with Gasteiger partial charge in [-0.25, -0.2) is 0 Å². The summed E-state index contributed by atoms with van der Waals surface area (Å²) in [5.41, 5.74) is 0.810. The Morgan fingerprint density at radius 2 is 2.10 bits per heavy atom. The van der Waals surface area contributed by atoms with Gasteiger partial charge in [-0.1, -0.05) is 30.3 Å². The molecule has 0 amide bonds. The van der Waals surface area contributed by atoms with Crippen LogP contribution < -0.4 is 0 Å². The SMILES string of the molecule is CCOC(=O)[C@@H](c1ccccc1)[C@@H]1CCC[C@H]1[N+](=O)[O-]. The van der Waals surface area contributed by atoms with Crippen LogP contribution >= 0.6 is 0 Å². The molecule has 1 aliphatic carbocycles. The highest BCUT2D eigenvalue weighted by Gasteiger charge is 2.45. The molecule has 5 heteroatoms. The molecule has 1 fully saturated rings. The standard InChI is InChI=1S/C15H19NO4/c1-2-20-15(17)14(11-7-4-3-5-8-11)12-9-6-10-13(12)16(18)19/h3-5,7-8,12-14H,2,6,9-10H2,1H3/t12-,13-,14+/m1/s1. The molecule has 20 heavy (non-hydrogen) atoms. The summed E-state index contributed by atoms with van der Waals surface area (Å²) in [6.45, 7) is 2.04. The Kier molecular flexibility index (Phi) is 4.71. The first-order valence-electron chi connectivity index (χ1n) is 7.00. The summed E-state index contributed by atoms with van der Waals surface area (Å²) < 4.78 is 5.14. The second kappa shape index (κ2) is 6.50. The molecule has 0 bridgehead atoms. The minimum atomic E-state index is -0.649.